The molecule has 0 spiro atoms. The fraction of sp³-hybridized carbons (Fsp3) is 0.333. The van der Waals surface area contributed by atoms with E-state index in [1.54, 1.807) is 0 Å². The van der Waals surface area contributed by atoms with Crippen molar-refractivity contribution in [1.82, 2.24) is 4.90 Å². The molecular weight excluding hydrogens is 280 g/mol. The maximum Gasteiger partial charge on any atom is 0.0406 e. The first-order valence-corrected chi connectivity index (χ1v) is 7.97. The quantitative estimate of drug-likeness (QED) is 0.871. The highest BCUT2D eigenvalue weighted by molar-refractivity contribution is 6.30. The Kier molecular flexibility index (Phi) is 4.79. The lowest BCUT2D eigenvalue weighted by Crippen LogP contribution is -2.18. The Balaban J connectivity index is 1.58. The van der Waals surface area contributed by atoms with Crippen molar-refractivity contribution in [3.05, 3.63) is 64.7 Å². The standard InChI is InChI=1S/C18H21ClN2/c19-17-8-6-15(7-9-17)13-20-18-5-3-4-16(12-18)14-21-10-1-2-11-21/h3-9,12,20H,1-2,10-11,13-14H2. The third-order valence-corrected chi connectivity index (χ3v) is 4.19. The van der Waals surface area contributed by atoms with Gasteiger partial charge in [-0.1, -0.05) is 35.9 Å². The molecule has 1 heterocycles. The predicted octanol–water partition coefficient (Wildman–Crippen LogP) is 4.55. The molecule has 110 valence electrons. The lowest BCUT2D eigenvalue weighted by molar-refractivity contribution is 0.331. The van der Waals surface area contributed by atoms with Crippen molar-refractivity contribution in [2.75, 3.05) is 18.4 Å². The summed E-state index contributed by atoms with van der Waals surface area (Å²) in [6.45, 7) is 4.37. The number of nitrogens with one attached hydrogen (secondary N) is 1. The third-order valence-electron chi connectivity index (χ3n) is 3.94. The van der Waals surface area contributed by atoms with Gasteiger partial charge in [0.25, 0.3) is 0 Å². The maximum absolute atomic E-state index is 5.91. The van der Waals surface area contributed by atoms with E-state index in [0.29, 0.717) is 0 Å². The molecular formula is C18H21ClN2. The van der Waals surface area contributed by atoms with Crippen LogP contribution in [-0.2, 0) is 13.1 Å². The highest BCUT2D eigenvalue weighted by atomic mass is 35.5. The van der Waals surface area contributed by atoms with Crippen molar-refractivity contribution in [3.8, 4) is 0 Å². The first-order chi connectivity index (χ1) is 10.3. The largest absolute Gasteiger partial charge is 0.381 e. The topological polar surface area (TPSA) is 15.3 Å². The zero-order valence-corrected chi connectivity index (χ0v) is 12.9. The van der Waals surface area contributed by atoms with Crippen molar-refractivity contribution in [3.63, 3.8) is 0 Å². The average molecular weight is 301 g/mol. The second-order valence-electron chi connectivity index (χ2n) is 5.66. The van der Waals surface area contributed by atoms with Crippen LogP contribution in [0.4, 0.5) is 5.69 Å². The summed E-state index contributed by atoms with van der Waals surface area (Å²) in [6.07, 6.45) is 2.68. The first-order valence-electron chi connectivity index (χ1n) is 7.59. The molecule has 2 aromatic rings. The Morgan fingerprint density at radius 2 is 1.71 bits per heavy atom. The number of rotatable bonds is 5. The van der Waals surface area contributed by atoms with Crippen molar-refractivity contribution in [2.45, 2.75) is 25.9 Å². The van der Waals surface area contributed by atoms with Gasteiger partial charge in [0, 0.05) is 23.8 Å². The molecule has 3 heteroatoms. The fourth-order valence-corrected chi connectivity index (χ4v) is 2.91. The number of anilines is 1. The van der Waals surface area contributed by atoms with Gasteiger partial charge in [0.05, 0.1) is 0 Å². The second-order valence-corrected chi connectivity index (χ2v) is 6.10. The van der Waals surface area contributed by atoms with E-state index in [1.165, 1.54) is 42.7 Å². The number of nitrogens with zero attached hydrogens (tertiary/aromatic N) is 1. The van der Waals surface area contributed by atoms with E-state index in [-0.39, 0.29) is 0 Å². The minimum absolute atomic E-state index is 0.784. The minimum atomic E-state index is 0.784. The van der Waals surface area contributed by atoms with Gasteiger partial charge in [-0.2, -0.15) is 0 Å². The van der Waals surface area contributed by atoms with Crippen molar-refractivity contribution >= 4 is 17.3 Å². The van der Waals surface area contributed by atoms with Crippen LogP contribution in [0.1, 0.15) is 24.0 Å². The zero-order valence-electron chi connectivity index (χ0n) is 12.2. The van der Waals surface area contributed by atoms with Gasteiger partial charge in [0.15, 0.2) is 0 Å². The molecule has 0 bridgehead atoms. The third kappa shape index (κ3) is 4.23. The van der Waals surface area contributed by atoms with E-state index in [1.807, 2.05) is 12.1 Å². The summed E-state index contributed by atoms with van der Waals surface area (Å²) in [5.74, 6) is 0. The van der Waals surface area contributed by atoms with Crippen molar-refractivity contribution < 1.29 is 0 Å². The molecule has 1 fully saturated rings. The smallest absolute Gasteiger partial charge is 0.0406 e. The highest BCUT2D eigenvalue weighted by Gasteiger charge is 2.11. The molecule has 2 nitrogen and oxygen atoms in total. The van der Waals surface area contributed by atoms with Crippen LogP contribution in [0, 0.1) is 0 Å². The molecule has 1 N–H and O–H groups in total. The van der Waals surface area contributed by atoms with Gasteiger partial charge < -0.3 is 5.32 Å². The Bertz CT molecular complexity index is 574. The van der Waals surface area contributed by atoms with Crippen LogP contribution in [-0.4, -0.2) is 18.0 Å². The van der Waals surface area contributed by atoms with Crippen molar-refractivity contribution in [1.29, 1.82) is 0 Å². The molecule has 3 rings (SSSR count). The second kappa shape index (κ2) is 6.97. The number of hydrogen-bond donors (Lipinski definition) is 1. The molecule has 0 aromatic heterocycles. The summed E-state index contributed by atoms with van der Waals surface area (Å²) in [7, 11) is 0. The minimum Gasteiger partial charge on any atom is -0.381 e. The monoisotopic (exact) mass is 300 g/mol. The van der Waals surface area contributed by atoms with E-state index in [0.717, 1.165) is 18.1 Å². The molecule has 21 heavy (non-hydrogen) atoms. The van der Waals surface area contributed by atoms with Gasteiger partial charge in [-0.05, 0) is 61.3 Å². The van der Waals surface area contributed by atoms with Crippen molar-refractivity contribution in [2.24, 2.45) is 0 Å². The molecule has 0 atom stereocenters. The Labute approximate surface area is 131 Å². The Morgan fingerprint density at radius 3 is 2.48 bits per heavy atom. The molecule has 2 aromatic carbocycles. The van der Waals surface area contributed by atoms with Crippen LogP contribution in [0.2, 0.25) is 5.02 Å². The van der Waals surface area contributed by atoms with Crippen LogP contribution >= 0.6 is 11.6 Å². The normalized spacial score (nSPS) is 15.3. The highest BCUT2D eigenvalue weighted by Crippen LogP contribution is 2.17. The summed E-state index contributed by atoms with van der Waals surface area (Å²) in [4.78, 5) is 2.53. The maximum atomic E-state index is 5.91. The number of hydrogen-bond acceptors (Lipinski definition) is 2. The van der Waals surface area contributed by atoms with E-state index >= 15 is 0 Å². The molecule has 1 saturated heterocycles. The summed E-state index contributed by atoms with van der Waals surface area (Å²) in [5.41, 5.74) is 3.81. The summed E-state index contributed by atoms with van der Waals surface area (Å²) in [5, 5.41) is 4.27. The van der Waals surface area contributed by atoms with Crippen LogP contribution < -0.4 is 5.32 Å². The molecule has 0 amide bonds. The van der Waals surface area contributed by atoms with Gasteiger partial charge in [-0.3, -0.25) is 4.90 Å². The van der Waals surface area contributed by atoms with Crippen LogP contribution in [0.25, 0.3) is 0 Å². The van der Waals surface area contributed by atoms with Gasteiger partial charge in [-0.25, -0.2) is 0 Å². The first kappa shape index (κ1) is 14.4. The molecule has 0 unspecified atom stereocenters. The number of benzene rings is 2. The van der Waals surface area contributed by atoms with Crippen LogP contribution in [0.5, 0.6) is 0 Å². The Hall–Kier alpha value is -1.51. The summed E-state index contributed by atoms with van der Waals surface area (Å²) in [6, 6.07) is 16.7. The molecule has 0 aliphatic carbocycles. The summed E-state index contributed by atoms with van der Waals surface area (Å²) < 4.78 is 0. The van der Waals surface area contributed by atoms with Gasteiger partial charge >= 0.3 is 0 Å². The van der Waals surface area contributed by atoms with Crippen LogP contribution in [0.3, 0.4) is 0 Å². The van der Waals surface area contributed by atoms with E-state index in [9.17, 15) is 0 Å². The van der Waals surface area contributed by atoms with Gasteiger partial charge in [0.1, 0.15) is 0 Å². The SMILES string of the molecule is Clc1ccc(CNc2cccc(CN3CCCC3)c2)cc1. The van der Waals surface area contributed by atoms with E-state index in [4.69, 9.17) is 11.6 Å². The zero-order chi connectivity index (χ0) is 14.5. The molecule has 1 aliphatic heterocycles. The van der Waals surface area contributed by atoms with Crippen LogP contribution in [0.15, 0.2) is 48.5 Å². The number of halogens is 1. The lowest BCUT2D eigenvalue weighted by Gasteiger charge is -2.15. The van der Waals surface area contributed by atoms with E-state index in [2.05, 4.69) is 46.6 Å². The van der Waals surface area contributed by atoms with Gasteiger partial charge in [0.2, 0.25) is 0 Å². The fourth-order valence-electron chi connectivity index (χ4n) is 2.78. The predicted molar refractivity (Wildman–Crippen MR) is 89.7 cm³/mol. The average Bonchev–Trinajstić information content (AvgIpc) is 3.00. The molecule has 0 radical (unpaired) electrons. The molecule has 0 saturated carbocycles. The van der Waals surface area contributed by atoms with Gasteiger partial charge in [-0.15, -0.1) is 0 Å². The lowest BCUT2D eigenvalue weighted by atomic mass is 10.1. The molecule has 1 aliphatic rings. The summed E-state index contributed by atoms with van der Waals surface area (Å²) >= 11 is 5.91. The number of likely N-dealkylation sites (tertiary alicyclic amines) is 1. The Morgan fingerprint density at radius 1 is 0.952 bits per heavy atom. The van der Waals surface area contributed by atoms with E-state index < -0.39 is 0 Å².